The van der Waals surface area contributed by atoms with Crippen molar-refractivity contribution in [2.75, 3.05) is 5.73 Å². The zero-order valence-electron chi connectivity index (χ0n) is 10.3. The fourth-order valence-corrected chi connectivity index (χ4v) is 2.92. The molecule has 2 N–H and O–H groups in total. The van der Waals surface area contributed by atoms with Crippen molar-refractivity contribution < 1.29 is 4.74 Å². The molecule has 2 nitrogen and oxygen atoms in total. The van der Waals surface area contributed by atoms with E-state index >= 15 is 0 Å². The molecule has 17 heavy (non-hydrogen) atoms. The molecule has 0 radical (unpaired) electrons. The third-order valence-corrected chi connectivity index (χ3v) is 4.30. The molecule has 0 amide bonds. The normalized spacial score (nSPS) is 24.8. The zero-order valence-corrected chi connectivity index (χ0v) is 11.9. The summed E-state index contributed by atoms with van der Waals surface area (Å²) in [5, 5.41) is 0. The van der Waals surface area contributed by atoms with Gasteiger partial charge in [-0.25, -0.2) is 0 Å². The molecule has 1 aliphatic rings. The summed E-state index contributed by atoms with van der Waals surface area (Å²) in [6, 6.07) is 5.89. The molecule has 0 aromatic heterocycles. The number of anilines is 1. The van der Waals surface area contributed by atoms with E-state index in [-0.39, 0.29) is 0 Å². The van der Waals surface area contributed by atoms with Gasteiger partial charge < -0.3 is 10.5 Å². The predicted octanol–water partition coefficient (Wildman–Crippen LogP) is 4.13. The van der Waals surface area contributed by atoms with E-state index in [9.17, 15) is 0 Å². The molecule has 0 spiro atoms. The first-order valence-electron chi connectivity index (χ1n) is 6.32. The summed E-state index contributed by atoms with van der Waals surface area (Å²) < 4.78 is 7.07. The van der Waals surface area contributed by atoms with Gasteiger partial charge in [0.05, 0.1) is 12.7 Å². The first kappa shape index (κ1) is 12.9. The van der Waals surface area contributed by atoms with Gasteiger partial charge in [0.1, 0.15) is 0 Å². The van der Waals surface area contributed by atoms with Gasteiger partial charge in [-0.3, -0.25) is 0 Å². The second-order valence-electron chi connectivity index (χ2n) is 4.96. The Kier molecular flexibility index (Phi) is 4.46. The summed E-state index contributed by atoms with van der Waals surface area (Å²) in [6.45, 7) is 2.97. The Morgan fingerprint density at radius 1 is 1.35 bits per heavy atom. The van der Waals surface area contributed by atoms with Crippen molar-refractivity contribution in [2.24, 2.45) is 5.92 Å². The van der Waals surface area contributed by atoms with Crippen LogP contribution in [-0.4, -0.2) is 6.10 Å². The van der Waals surface area contributed by atoms with Gasteiger partial charge in [0, 0.05) is 10.2 Å². The van der Waals surface area contributed by atoms with Crippen LogP contribution in [0.4, 0.5) is 5.69 Å². The van der Waals surface area contributed by atoms with E-state index in [1.54, 1.807) is 0 Å². The van der Waals surface area contributed by atoms with E-state index < -0.39 is 0 Å². The van der Waals surface area contributed by atoms with Crippen molar-refractivity contribution in [3.05, 3.63) is 28.2 Å². The quantitative estimate of drug-likeness (QED) is 0.852. The number of benzene rings is 1. The van der Waals surface area contributed by atoms with Crippen LogP contribution in [0.5, 0.6) is 0 Å². The van der Waals surface area contributed by atoms with Crippen molar-refractivity contribution in [3.63, 3.8) is 0 Å². The Morgan fingerprint density at radius 2 is 2.12 bits per heavy atom. The molecule has 1 fully saturated rings. The van der Waals surface area contributed by atoms with E-state index in [1.807, 2.05) is 18.2 Å². The predicted molar refractivity (Wildman–Crippen MR) is 74.8 cm³/mol. The van der Waals surface area contributed by atoms with Crippen LogP contribution in [0.1, 0.15) is 38.2 Å². The van der Waals surface area contributed by atoms with Gasteiger partial charge in [-0.05, 0) is 36.5 Å². The SMILES string of the molecule is CC1CCCCC1OCc1ccc(N)cc1Br. The second-order valence-corrected chi connectivity index (χ2v) is 5.82. The lowest BCUT2D eigenvalue weighted by Crippen LogP contribution is -2.25. The van der Waals surface area contributed by atoms with Crippen LogP contribution in [0, 0.1) is 5.92 Å². The molecule has 0 aliphatic heterocycles. The number of rotatable bonds is 3. The minimum atomic E-state index is 0.424. The van der Waals surface area contributed by atoms with Crippen molar-refractivity contribution in [1.82, 2.24) is 0 Å². The number of hydrogen-bond acceptors (Lipinski definition) is 2. The smallest absolute Gasteiger partial charge is 0.0731 e. The van der Waals surface area contributed by atoms with Gasteiger partial charge >= 0.3 is 0 Å². The summed E-state index contributed by atoms with van der Waals surface area (Å²) in [6.07, 6.45) is 5.58. The van der Waals surface area contributed by atoms with Crippen molar-refractivity contribution >= 4 is 21.6 Å². The summed E-state index contributed by atoms with van der Waals surface area (Å²) >= 11 is 3.53. The fourth-order valence-electron chi connectivity index (χ4n) is 2.41. The van der Waals surface area contributed by atoms with E-state index in [1.165, 1.54) is 31.2 Å². The number of ether oxygens (including phenoxy) is 1. The highest BCUT2D eigenvalue weighted by Gasteiger charge is 2.21. The van der Waals surface area contributed by atoms with E-state index in [0.717, 1.165) is 10.2 Å². The lowest BCUT2D eigenvalue weighted by atomic mass is 9.88. The van der Waals surface area contributed by atoms with Crippen molar-refractivity contribution in [2.45, 2.75) is 45.3 Å². The Morgan fingerprint density at radius 3 is 2.82 bits per heavy atom. The first-order valence-corrected chi connectivity index (χ1v) is 7.11. The minimum absolute atomic E-state index is 0.424. The highest BCUT2D eigenvalue weighted by Crippen LogP contribution is 2.28. The van der Waals surface area contributed by atoms with Crippen molar-refractivity contribution in [1.29, 1.82) is 0 Å². The lowest BCUT2D eigenvalue weighted by molar-refractivity contribution is -0.0156. The Labute approximate surface area is 112 Å². The molecular formula is C14H20BrNO. The number of nitrogen functional groups attached to an aromatic ring is 1. The number of nitrogens with two attached hydrogens (primary N) is 1. The molecule has 0 bridgehead atoms. The van der Waals surface area contributed by atoms with Crippen LogP contribution in [0.15, 0.2) is 22.7 Å². The summed E-state index contributed by atoms with van der Waals surface area (Å²) in [4.78, 5) is 0. The van der Waals surface area contributed by atoms with Crippen LogP contribution in [0.3, 0.4) is 0 Å². The summed E-state index contributed by atoms with van der Waals surface area (Å²) in [5.74, 6) is 0.691. The molecule has 2 unspecified atom stereocenters. The molecule has 2 atom stereocenters. The van der Waals surface area contributed by atoms with Crippen LogP contribution in [-0.2, 0) is 11.3 Å². The zero-order chi connectivity index (χ0) is 12.3. The molecule has 94 valence electrons. The molecule has 0 heterocycles. The first-order chi connectivity index (χ1) is 8.16. The van der Waals surface area contributed by atoms with Gasteiger partial charge in [-0.15, -0.1) is 0 Å². The fraction of sp³-hybridized carbons (Fsp3) is 0.571. The molecule has 2 rings (SSSR count). The summed E-state index contributed by atoms with van der Waals surface area (Å²) in [5.41, 5.74) is 7.68. The molecule has 1 aromatic carbocycles. The Hall–Kier alpha value is -0.540. The maximum atomic E-state index is 6.03. The average Bonchev–Trinajstić information content (AvgIpc) is 2.30. The minimum Gasteiger partial charge on any atom is -0.399 e. The molecule has 1 aliphatic carbocycles. The Bertz CT molecular complexity index is 380. The topological polar surface area (TPSA) is 35.2 Å². The van der Waals surface area contributed by atoms with E-state index in [4.69, 9.17) is 10.5 Å². The van der Waals surface area contributed by atoms with Gasteiger partial charge in [-0.2, -0.15) is 0 Å². The molecule has 1 saturated carbocycles. The van der Waals surface area contributed by atoms with Gasteiger partial charge in [0.15, 0.2) is 0 Å². The maximum absolute atomic E-state index is 6.03. The maximum Gasteiger partial charge on any atom is 0.0731 e. The monoisotopic (exact) mass is 297 g/mol. The van der Waals surface area contributed by atoms with Gasteiger partial charge in [0.2, 0.25) is 0 Å². The van der Waals surface area contributed by atoms with Crippen LogP contribution < -0.4 is 5.73 Å². The Balaban J connectivity index is 1.92. The highest BCUT2D eigenvalue weighted by molar-refractivity contribution is 9.10. The van der Waals surface area contributed by atoms with E-state index in [0.29, 0.717) is 18.6 Å². The third kappa shape index (κ3) is 3.46. The number of halogens is 1. The largest absolute Gasteiger partial charge is 0.399 e. The standard InChI is InChI=1S/C14H20BrNO/c1-10-4-2-3-5-14(10)17-9-11-6-7-12(16)8-13(11)15/h6-8,10,14H,2-5,9,16H2,1H3. The van der Waals surface area contributed by atoms with Crippen LogP contribution >= 0.6 is 15.9 Å². The highest BCUT2D eigenvalue weighted by atomic mass is 79.9. The van der Waals surface area contributed by atoms with Crippen LogP contribution in [0.25, 0.3) is 0 Å². The van der Waals surface area contributed by atoms with Gasteiger partial charge in [0.25, 0.3) is 0 Å². The summed E-state index contributed by atoms with van der Waals surface area (Å²) in [7, 11) is 0. The molecule has 1 aromatic rings. The number of hydrogen-bond donors (Lipinski definition) is 1. The van der Waals surface area contributed by atoms with E-state index in [2.05, 4.69) is 22.9 Å². The van der Waals surface area contributed by atoms with Crippen molar-refractivity contribution in [3.8, 4) is 0 Å². The molecular weight excluding hydrogens is 278 g/mol. The van der Waals surface area contributed by atoms with Gasteiger partial charge in [-0.1, -0.05) is 41.8 Å². The second kappa shape index (κ2) is 5.87. The molecule has 0 saturated heterocycles. The molecule has 3 heteroatoms. The third-order valence-electron chi connectivity index (χ3n) is 3.56. The lowest BCUT2D eigenvalue weighted by Gasteiger charge is -2.28. The average molecular weight is 298 g/mol. The van der Waals surface area contributed by atoms with Crippen LogP contribution in [0.2, 0.25) is 0 Å².